The summed E-state index contributed by atoms with van der Waals surface area (Å²) in [7, 11) is 0. The largest absolute Gasteiger partial charge is 0.490 e. The molecule has 2 rings (SSSR count). The van der Waals surface area contributed by atoms with Crippen LogP contribution in [-0.2, 0) is 6.54 Å². The average Bonchev–Trinajstić information content (AvgIpc) is 2.84. The van der Waals surface area contributed by atoms with Gasteiger partial charge in [-0.15, -0.1) is 4.79 Å². The Balaban J connectivity index is 2.09. The molecular weight excluding hydrogens is 272 g/mol. The molecular formula is C13H20N6O2. The molecule has 1 heterocycles. The van der Waals surface area contributed by atoms with Crippen LogP contribution in [0.15, 0.2) is 18.2 Å². The molecule has 0 bridgehead atoms. The summed E-state index contributed by atoms with van der Waals surface area (Å²) in [5.41, 5.74) is 9.58. The van der Waals surface area contributed by atoms with Crippen LogP contribution in [0.3, 0.4) is 0 Å². The Kier molecular flexibility index (Phi) is 4.81. The normalized spacial score (nSPS) is 10.7. The Hall–Kier alpha value is -2.51. The van der Waals surface area contributed by atoms with Crippen LogP contribution >= 0.6 is 0 Å². The van der Waals surface area contributed by atoms with E-state index in [2.05, 4.69) is 21.0 Å². The number of rotatable bonds is 7. The van der Waals surface area contributed by atoms with E-state index in [1.54, 1.807) is 0 Å². The van der Waals surface area contributed by atoms with Crippen LogP contribution < -0.4 is 20.6 Å². The van der Waals surface area contributed by atoms with Crippen molar-refractivity contribution < 1.29 is 9.47 Å². The van der Waals surface area contributed by atoms with E-state index in [1.807, 2.05) is 39.0 Å². The molecule has 0 aliphatic rings. The number of nitrogens with one attached hydrogen (secondary N) is 1. The van der Waals surface area contributed by atoms with Crippen molar-refractivity contribution >= 4 is 5.95 Å². The number of ether oxygens (including phenoxy) is 2. The van der Waals surface area contributed by atoms with Gasteiger partial charge in [0.15, 0.2) is 11.5 Å². The maximum absolute atomic E-state index is 5.72. The van der Waals surface area contributed by atoms with Crippen LogP contribution in [0.2, 0.25) is 0 Å². The first-order chi connectivity index (χ1) is 10.1. The average molecular weight is 292 g/mol. The van der Waals surface area contributed by atoms with E-state index in [4.69, 9.17) is 15.2 Å². The third-order valence-corrected chi connectivity index (χ3v) is 2.60. The van der Waals surface area contributed by atoms with Gasteiger partial charge in [0.05, 0.1) is 19.3 Å². The van der Waals surface area contributed by atoms with Gasteiger partial charge in [0, 0.05) is 0 Å². The minimum atomic E-state index is 0.0919. The summed E-state index contributed by atoms with van der Waals surface area (Å²) in [6, 6.07) is 5.77. The standard InChI is InChI=1S/C13H20N6O2/c1-4-20-12-7-10(5-6-11(12)21-9(2)3)8-15-19-13(14)16-17-18-19/h5-7,9,15H,4,8H2,1-3H3,(H2,14,16,18). The quantitative estimate of drug-likeness (QED) is 0.790. The molecule has 8 heteroatoms. The lowest BCUT2D eigenvalue weighted by Crippen LogP contribution is -2.18. The number of aromatic nitrogens is 4. The monoisotopic (exact) mass is 292 g/mol. The van der Waals surface area contributed by atoms with Crippen LogP contribution in [0.25, 0.3) is 0 Å². The van der Waals surface area contributed by atoms with Gasteiger partial charge in [0.25, 0.3) is 5.95 Å². The predicted molar refractivity (Wildman–Crippen MR) is 78.7 cm³/mol. The van der Waals surface area contributed by atoms with Gasteiger partial charge in [-0.3, -0.25) is 0 Å². The second kappa shape index (κ2) is 6.78. The van der Waals surface area contributed by atoms with Crippen molar-refractivity contribution in [1.82, 2.24) is 20.3 Å². The maximum Gasteiger partial charge on any atom is 0.260 e. The SMILES string of the molecule is CCOc1cc(CNn2nnnc2N)ccc1OC(C)C. The van der Waals surface area contributed by atoms with E-state index < -0.39 is 0 Å². The molecule has 0 fully saturated rings. The molecule has 1 aromatic carbocycles. The molecule has 0 unspecified atom stereocenters. The molecule has 2 aromatic rings. The molecule has 1 aromatic heterocycles. The highest BCUT2D eigenvalue weighted by molar-refractivity contribution is 5.43. The lowest BCUT2D eigenvalue weighted by atomic mass is 10.2. The highest BCUT2D eigenvalue weighted by Gasteiger charge is 2.09. The maximum atomic E-state index is 5.72. The van der Waals surface area contributed by atoms with Crippen molar-refractivity contribution in [2.24, 2.45) is 0 Å². The van der Waals surface area contributed by atoms with Crippen molar-refractivity contribution in [2.75, 3.05) is 17.8 Å². The van der Waals surface area contributed by atoms with Crippen LogP contribution in [0, 0.1) is 0 Å². The topological polar surface area (TPSA) is 100 Å². The molecule has 0 saturated carbocycles. The van der Waals surface area contributed by atoms with Crippen molar-refractivity contribution in [1.29, 1.82) is 0 Å². The molecule has 0 radical (unpaired) electrons. The van der Waals surface area contributed by atoms with E-state index in [9.17, 15) is 0 Å². The number of tetrazole rings is 1. The van der Waals surface area contributed by atoms with Gasteiger partial charge in [0.2, 0.25) is 0 Å². The number of nitrogen functional groups attached to an aromatic ring is 1. The van der Waals surface area contributed by atoms with Crippen molar-refractivity contribution in [2.45, 2.75) is 33.4 Å². The number of benzene rings is 1. The van der Waals surface area contributed by atoms with Gasteiger partial charge in [-0.2, -0.15) is 0 Å². The van der Waals surface area contributed by atoms with E-state index in [-0.39, 0.29) is 12.1 Å². The van der Waals surface area contributed by atoms with Crippen LogP contribution in [-0.4, -0.2) is 33.0 Å². The summed E-state index contributed by atoms with van der Waals surface area (Å²) in [6.07, 6.45) is 0.0919. The van der Waals surface area contributed by atoms with Crippen molar-refractivity contribution in [3.05, 3.63) is 23.8 Å². The number of anilines is 1. The Bertz CT molecular complexity index is 584. The molecule has 114 valence electrons. The molecule has 3 N–H and O–H groups in total. The van der Waals surface area contributed by atoms with Gasteiger partial charge in [-0.25, -0.2) is 0 Å². The Morgan fingerprint density at radius 3 is 2.76 bits per heavy atom. The summed E-state index contributed by atoms with van der Waals surface area (Å²) < 4.78 is 11.3. The summed E-state index contributed by atoms with van der Waals surface area (Å²) in [4.78, 5) is 1.32. The smallest absolute Gasteiger partial charge is 0.260 e. The first-order valence-electron chi connectivity index (χ1n) is 6.80. The fraction of sp³-hybridized carbons (Fsp3) is 0.462. The molecule has 0 aliphatic carbocycles. The summed E-state index contributed by atoms with van der Waals surface area (Å²) in [5.74, 6) is 1.66. The van der Waals surface area contributed by atoms with Crippen LogP contribution in [0.1, 0.15) is 26.3 Å². The van der Waals surface area contributed by atoms with Crippen LogP contribution in [0.5, 0.6) is 11.5 Å². The molecule has 0 amide bonds. The summed E-state index contributed by atoms with van der Waals surface area (Å²) in [5, 5.41) is 10.8. The Labute approximate surface area is 123 Å². The van der Waals surface area contributed by atoms with Gasteiger partial charge >= 0.3 is 0 Å². The van der Waals surface area contributed by atoms with Gasteiger partial charge in [0.1, 0.15) is 0 Å². The summed E-state index contributed by atoms with van der Waals surface area (Å²) in [6.45, 7) is 6.98. The number of hydrogen-bond donors (Lipinski definition) is 2. The highest BCUT2D eigenvalue weighted by Crippen LogP contribution is 2.29. The van der Waals surface area contributed by atoms with Crippen molar-refractivity contribution in [3.8, 4) is 11.5 Å². The van der Waals surface area contributed by atoms with E-state index in [0.717, 1.165) is 17.1 Å². The number of nitrogens with two attached hydrogens (primary N) is 1. The lowest BCUT2D eigenvalue weighted by molar-refractivity contribution is 0.223. The molecule has 0 aliphatic heterocycles. The second-order valence-corrected chi connectivity index (χ2v) is 4.66. The first kappa shape index (κ1) is 14.9. The minimum absolute atomic E-state index is 0.0919. The van der Waals surface area contributed by atoms with Crippen molar-refractivity contribution in [3.63, 3.8) is 0 Å². The zero-order chi connectivity index (χ0) is 15.2. The highest BCUT2D eigenvalue weighted by atomic mass is 16.5. The van der Waals surface area contributed by atoms with E-state index >= 15 is 0 Å². The number of nitrogens with zero attached hydrogens (tertiary/aromatic N) is 4. The van der Waals surface area contributed by atoms with E-state index in [0.29, 0.717) is 13.2 Å². The lowest BCUT2D eigenvalue weighted by Gasteiger charge is -2.15. The first-order valence-corrected chi connectivity index (χ1v) is 6.80. The second-order valence-electron chi connectivity index (χ2n) is 4.66. The minimum Gasteiger partial charge on any atom is -0.490 e. The molecule has 0 saturated heterocycles. The fourth-order valence-corrected chi connectivity index (χ4v) is 1.75. The fourth-order valence-electron chi connectivity index (χ4n) is 1.75. The Morgan fingerprint density at radius 2 is 2.14 bits per heavy atom. The summed E-state index contributed by atoms with van der Waals surface area (Å²) >= 11 is 0. The Morgan fingerprint density at radius 1 is 1.33 bits per heavy atom. The van der Waals surface area contributed by atoms with E-state index in [1.165, 1.54) is 4.79 Å². The van der Waals surface area contributed by atoms with Gasteiger partial charge < -0.3 is 20.6 Å². The molecule has 0 spiro atoms. The number of hydrogen-bond acceptors (Lipinski definition) is 7. The zero-order valence-electron chi connectivity index (χ0n) is 12.4. The third kappa shape index (κ3) is 3.98. The zero-order valence-corrected chi connectivity index (χ0v) is 12.4. The van der Waals surface area contributed by atoms with Gasteiger partial charge in [-0.05, 0) is 48.9 Å². The molecule has 0 atom stereocenters. The predicted octanol–water partition coefficient (Wildman–Crippen LogP) is 1.18. The third-order valence-electron chi connectivity index (χ3n) is 2.60. The van der Waals surface area contributed by atoms with Crippen LogP contribution in [0.4, 0.5) is 5.95 Å². The molecule has 8 nitrogen and oxygen atoms in total. The molecule has 21 heavy (non-hydrogen) atoms. The van der Waals surface area contributed by atoms with Gasteiger partial charge in [-0.1, -0.05) is 11.2 Å².